The van der Waals surface area contributed by atoms with Crippen LogP contribution in [-0.2, 0) is 6.54 Å². The van der Waals surface area contributed by atoms with Gasteiger partial charge in [0.05, 0.1) is 6.54 Å². The molecule has 2 bridgehead atoms. The van der Waals surface area contributed by atoms with Crippen molar-refractivity contribution in [2.75, 3.05) is 0 Å². The lowest BCUT2D eigenvalue weighted by molar-refractivity contribution is 0.203. The van der Waals surface area contributed by atoms with Crippen LogP contribution in [0.1, 0.15) is 43.8 Å². The average molecular weight is 247 g/mol. The average Bonchev–Trinajstić information content (AvgIpc) is 3.08. The van der Waals surface area contributed by atoms with E-state index in [1.807, 2.05) is 6.92 Å². The van der Waals surface area contributed by atoms with Gasteiger partial charge in [-0.2, -0.15) is 4.98 Å². The lowest BCUT2D eigenvalue weighted by Crippen LogP contribution is -2.38. The van der Waals surface area contributed by atoms with E-state index in [0.29, 0.717) is 6.04 Å². The van der Waals surface area contributed by atoms with Crippen LogP contribution in [0.5, 0.6) is 0 Å². The van der Waals surface area contributed by atoms with E-state index < -0.39 is 0 Å². The summed E-state index contributed by atoms with van der Waals surface area (Å²) in [4.78, 5) is 4.26. The Morgan fingerprint density at radius 2 is 2.11 bits per heavy atom. The number of aryl methyl sites for hydroxylation is 1. The van der Waals surface area contributed by atoms with E-state index in [4.69, 9.17) is 4.52 Å². The van der Waals surface area contributed by atoms with Crippen LogP contribution < -0.4 is 5.32 Å². The van der Waals surface area contributed by atoms with E-state index in [9.17, 15) is 0 Å². The van der Waals surface area contributed by atoms with Crippen LogP contribution in [-0.4, -0.2) is 16.2 Å². The van der Waals surface area contributed by atoms with Crippen LogP contribution in [0.25, 0.3) is 0 Å². The fourth-order valence-electron chi connectivity index (χ4n) is 4.93. The summed E-state index contributed by atoms with van der Waals surface area (Å²) in [6, 6.07) is 0.696. The Morgan fingerprint density at radius 1 is 1.22 bits per heavy atom. The summed E-state index contributed by atoms with van der Waals surface area (Å²) in [5.74, 6) is 5.48. The lowest BCUT2D eigenvalue weighted by atomic mass is 9.79. The summed E-state index contributed by atoms with van der Waals surface area (Å²) in [7, 11) is 0. The Hall–Kier alpha value is -0.900. The topological polar surface area (TPSA) is 51.0 Å². The predicted octanol–water partition coefficient (Wildman–Crippen LogP) is 2.29. The molecule has 5 atom stereocenters. The Balaban J connectivity index is 1.39. The second-order valence-electron chi connectivity index (χ2n) is 6.38. The predicted molar refractivity (Wildman–Crippen MR) is 66.7 cm³/mol. The highest BCUT2D eigenvalue weighted by Crippen LogP contribution is 2.58. The van der Waals surface area contributed by atoms with Gasteiger partial charge in [0.1, 0.15) is 0 Å². The molecule has 1 heterocycles. The standard InChI is InChI=1S/C14H21N3O/c1-8-16-14(18-17-8)7-15-13-6-9-5-12(13)11-4-2-3-10(9)11/h9-13,15H,2-7H2,1H3. The summed E-state index contributed by atoms with van der Waals surface area (Å²) < 4.78 is 5.17. The van der Waals surface area contributed by atoms with Crippen molar-refractivity contribution in [2.24, 2.45) is 23.7 Å². The Morgan fingerprint density at radius 3 is 2.94 bits per heavy atom. The Kier molecular flexibility index (Phi) is 2.47. The van der Waals surface area contributed by atoms with Gasteiger partial charge in [0.25, 0.3) is 0 Å². The van der Waals surface area contributed by atoms with Crippen molar-refractivity contribution in [2.45, 2.75) is 51.6 Å². The van der Waals surface area contributed by atoms with E-state index in [1.54, 1.807) is 0 Å². The number of nitrogens with zero attached hydrogens (tertiary/aromatic N) is 2. The molecule has 18 heavy (non-hydrogen) atoms. The molecule has 5 unspecified atom stereocenters. The molecule has 4 nitrogen and oxygen atoms in total. The van der Waals surface area contributed by atoms with Crippen LogP contribution in [0, 0.1) is 30.6 Å². The molecular formula is C14H21N3O. The Labute approximate surface area is 108 Å². The molecule has 1 aromatic rings. The quantitative estimate of drug-likeness (QED) is 0.890. The normalized spacial score (nSPS) is 41.5. The van der Waals surface area contributed by atoms with Crippen molar-refractivity contribution in [1.82, 2.24) is 15.5 Å². The molecule has 1 N–H and O–H groups in total. The summed E-state index contributed by atoms with van der Waals surface area (Å²) in [5.41, 5.74) is 0. The summed E-state index contributed by atoms with van der Waals surface area (Å²) in [5, 5.41) is 7.50. The zero-order chi connectivity index (χ0) is 12.1. The maximum absolute atomic E-state index is 5.17. The van der Waals surface area contributed by atoms with Gasteiger partial charge in [-0.15, -0.1) is 0 Å². The van der Waals surface area contributed by atoms with Gasteiger partial charge in [-0.3, -0.25) is 0 Å². The van der Waals surface area contributed by atoms with Crippen molar-refractivity contribution < 1.29 is 4.52 Å². The van der Waals surface area contributed by atoms with Crippen LogP contribution in [0.4, 0.5) is 0 Å². The van der Waals surface area contributed by atoms with Gasteiger partial charge in [0.2, 0.25) is 5.89 Å². The van der Waals surface area contributed by atoms with Gasteiger partial charge in [0, 0.05) is 6.04 Å². The molecule has 3 aliphatic rings. The maximum atomic E-state index is 5.17. The van der Waals surface area contributed by atoms with Gasteiger partial charge < -0.3 is 9.84 Å². The first-order valence-corrected chi connectivity index (χ1v) is 7.34. The zero-order valence-electron chi connectivity index (χ0n) is 10.9. The molecule has 3 saturated carbocycles. The minimum atomic E-state index is 0.696. The highest BCUT2D eigenvalue weighted by molar-refractivity contribution is 5.05. The SMILES string of the molecule is Cc1noc(CNC2CC3CC2C2CCCC32)n1. The summed E-state index contributed by atoms with van der Waals surface area (Å²) in [6.45, 7) is 2.61. The van der Waals surface area contributed by atoms with Crippen LogP contribution in [0.3, 0.4) is 0 Å². The van der Waals surface area contributed by atoms with Gasteiger partial charge in [0.15, 0.2) is 5.82 Å². The highest BCUT2D eigenvalue weighted by atomic mass is 16.5. The van der Waals surface area contributed by atoms with Crippen molar-refractivity contribution in [1.29, 1.82) is 0 Å². The molecule has 4 rings (SSSR count). The van der Waals surface area contributed by atoms with Gasteiger partial charge in [-0.25, -0.2) is 0 Å². The van der Waals surface area contributed by atoms with Gasteiger partial charge in [-0.1, -0.05) is 11.6 Å². The third-order valence-corrected chi connectivity index (χ3v) is 5.51. The largest absolute Gasteiger partial charge is 0.338 e. The fraction of sp³-hybridized carbons (Fsp3) is 0.857. The van der Waals surface area contributed by atoms with E-state index in [-0.39, 0.29) is 0 Å². The summed E-state index contributed by atoms with van der Waals surface area (Å²) >= 11 is 0. The molecule has 0 radical (unpaired) electrons. The van der Waals surface area contributed by atoms with E-state index in [0.717, 1.165) is 41.9 Å². The highest BCUT2D eigenvalue weighted by Gasteiger charge is 2.53. The van der Waals surface area contributed by atoms with Crippen LogP contribution in [0.15, 0.2) is 4.52 Å². The van der Waals surface area contributed by atoms with E-state index in [2.05, 4.69) is 15.5 Å². The molecule has 3 aliphatic carbocycles. The number of nitrogens with one attached hydrogen (secondary N) is 1. The van der Waals surface area contributed by atoms with Crippen LogP contribution in [0.2, 0.25) is 0 Å². The minimum Gasteiger partial charge on any atom is -0.338 e. The van der Waals surface area contributed by atoms with Crippen molar-refractivity contribution in [3.8, 4) is 0 Å². The third-order valence-electron chi connectivity index (χ3n) is 5.51. The molecule has 0 spiro atoms. The first-order chi connectivity index (χ1) is 8.81. The van der Waals surface area contributed by atoms with Crippen molar-refractivity contribution in [3.05, 3.63) is 11.7 Å². The fourth-order valence-corrected chi connectivity index (χ4v) is 4.93. The molecule has 0 aromatic carbocycles. The first-order valence-electron chi connectivity index (χ1n) is 7.34. The maximum Gasteiger partial charge on any atom is 0.240 e. The smallest absolute Gasteiger partial charge is 0.240 e. The number of fused-ring (bicyclic) bond motifs is 5. The van der Waals surface area contributed by atoms with Gasteiger partial charge in [-0.05, 0) is 56.3 Å². The third kappa shape index (κ3) is 1.62. The lowest BCUT2D eigenvalue weighted by Gasteiger charge is -2.31. The number of aromatic nitrogens is 2. The first kappa shape index (κ1) is 11.0. The van der Waals surface area contributed by atoms with E-state index in [1.165, 1.54) is 32.1 Å². The van der Waals surface area contributed by atoms with E-state index >= 15 is 0 Å². The Bertz CT molecular complexity index is 444. The second-order valence-corrected chi connectivity index (χ2v) is 6.38. The molecule has 3 fully saturated rings. The molecule has 0 saturated heterocycles. The number of hydrogen-bond acceptors (Lipinski definition) is 4. The molecular weight excluding hydrogens is 226 g/mol. The monoisotopic (exact) mass is 247 g/mol. The van der Waals surface area contributed by atoms with Crippen LogP contribution >= 0.6 is 0 Å². The molecule has 1 aromatic heterocycles. The molecule has 4 heteroatoms. The van der Waals surface area contributed by atoms with Crippen molar-refractivity contribution >= 4 is 0 Å². The number of rotatable bonds is 3. The summed E-state index contributed by atoms with van der Waals surface area (Å²) in [6.07, 6.45) is 7.29. The minimum absolute atomic E-state index is 0.696. The molecule has 0 aliphatic heterocycles. The number of hydrogen-bond donors (Lipinski definition) is 1. The van der Waals surface area contributed by atoms with Gasteiger partial charge >= 0.3 is 0 Å². The molecule has 0 amide bonds. The van der Waals surface area contributed by atoms with Crippen molar-refractivity contribution in [3.63, 3.8) is 0 Å². The zero-order valence-corrected chi connectivity index (χ0v) is 10.9. The second kappa shape index (κ2) is 4.05. The molecule has 98 valence electrons.